The normalized spacial score (nSPS) is 10.5. The number of benzene rings is 2. The third kappa shape index (κ3) is 5.23. The lowest BCUT2D eigenvalue weighted by molar-refractivity contribution is -0.119. The second-order valence-corrected chi connectivity index (χ2v) is 7.11. The number of hydrogen-bond donors (Lipinski definition) is 2. The molecule has 0 spiro atoms. The van der Waals surface area contributed by atoms with Crippen LogP contribution in [-0.4, -0.2) is 23.4 Å². The van der Waals surface area contributed by atoms with Gasteiger partial charge in [0.2, 0.25) is 5.91 Å². The number of carbonyl (C=O) groups excluding carboxylic acids is 2. The fraction of sp³-hybridized carbons (Fsp3) is 0.208. The van der Waals surface area contributed by atoms with E-state index in [4.69, 9.17) is 0 Å². The summed E-state index contributed by atoms with van der Waals surface area (Å²) in [6.07, 6.45) is 2.71. The Kier molecular flexibility index (Phi) is 6.80. The summed E-state index contributed by atoms with van der Waals surface area (Å²) in [7, 11) is 1.59. The highest BCUT2D eigenvalue weighted by Gasteiger charge is 2.16. The van der Waals surface area contributed by atoms with Crippen molar-refractivity contribution in [1.82, 2.24) is 9.88 Å². The number of amides is 2. The van der Waals surface area contributed by atoms with Crippen molar-refractivity contribution in [2.45, 2.75) is 26.3 Å². The zero-order chi connectivity index (χ0) is 21.5. The monoisotopic (exact) mass is 403 g/mol. The Bertz CT molecular complexity index is 1090. The van der Waals surface area contributed by atoms with Crippen LogP contribution in [0.4, 0.5) is 5.69 Å². The van der Waals surface area contributed by atoms with Crippen LogP contribution >= 0.6 is 0 Å². The van der Waals surface area contributed by atoms with Gasteiger partial charge in [0.05, 0.1) is 6.42 Å². The maximum atomic E-state index is 12.9. The summed E-state index contributed by atoms with van der Waals surface area (Å²) in [5, 5.41) is 5.36. The molecule has 0 unspecified atom stereocenters. The molecular weight excluding hydrogens is 378 g/mol. The molecule has 1 aromatic heterocycles. The van der Waals surface area contributed by atoms with E-state index in [1.165, 1.54) is 0 Å². The van der Waals surface area contributed by atoms with Gasteiger partial charge < -0.3 is 15.2 Å². The Morgan fingerprint density at radius 3 is 2.30 bits per heavy atom. The second kappa shape index (κ2) is 9.69. The van der Waals surface area contributed by atoms with E-state index in [9.17, 15) is 14.4 Å². The van der Waals surface area contributed by atoms with E-state index >= 15 is 0 Å². The first kappa shape index (κ1) is 21.0. The number of aromatic nitrogens is 1. The Hall–Kier alpha value is -3.67. The van der Waals surface area contributed by atoms with Gasteiger partial charge in [0.25, 0.3) is 11.5 Å². The minimum atomic E-state index is -0.439. The van der Waals surface area contributed by atoms with Crippen molar-refractivity contribution in [2.75, 3.05) is 12.4 Å². The molecule has 0 aliphatic heterocycles. The van der Waals surface area contributed by atoms with Gasteiger partial charge in [-0.05, 0) is 48.2 Å². The highest BCUT2D eigenvalue weighted by Crippen LogP contribution is 2.13. The summed E-state index contributed by atoms with van der Waals surface area (Å²) in [5.41, 5.74) is 3.00. The Morgan fingerprint density at radius 1 is 0.933 bits per heavy atom. The lowest BCUT2D eigenvalue weighted by Gasteiger charge is -2.12. The Morgan fingerprint density at radius 2 is 1.63 bits per heavy atom. The minimum Gasteiger partial charge on any atom is -0.359 e. The molecule has 0 fully saturated rings. The number of aryl methyl sites for hydroxylation is 3. The van der Waals surface area contributed by atoms with E-state index in [2.05, 4.69) is 10.6 Å². The van der Waals surface area contributed by atoms with Gasteiger partial charge in [-0.1, -0.05) is 42.5 Å². The summed E-state index contributed by atoms with van der Waals surface area (Å²) < 4.78 is 1.57. The van der Waals surface area contributed by atoms with Crippen molar-refractivity contribution >= 4 is 17.5 Å². The molecule has 0 aliphatic carbocycles. The molecule has 6 heteroatoms. The molecule has 2 aromatic carbocycles. The molecule has 3 rings (SSSR count). The molecule has 0 saturated carbocycles. The lowest BCUT2D eigenvalue weighted by Crippen LogP contribution is -2.30. The first-order valence-corrected chi connectivity index (χ1v) is 9.83. The van der Waals surface area contributed by atoms with Crippen LogP contribution in [0, 0.1) is 6.92 Å². The zero-order valence-corrected chi connectivity index (χ0v) is 17.1. The molecule has 0 saturated heterocycles. The number of carbonyl (C=O) groups is 2. The molecule has 1 heterocycles. The van der Waals surface area contributed by atoms with Crippen LogP contribution in [0.3, 0.4) is 0 Å². The SMILES string of the molecule is CNC(=O)Cc1ccc(NC(=O)c2c(C)ccn(CCc3ccccc3)c2=O)cc1. The van der Waals surface area contributed by atoms with Gasteiger partial charge in [0.15, 0.2) is 0 Å². The molecule has 0 aliphatic rings. The van der Waals surface area contributed by atoms with Crippen molar-refractivity contribution in [1.29, 1.82) is 0 Å². The van der Waals surface area contributed by atoms with Gasteiger partial charge in [-0.3, -0.25) is 14.4 Å². The molecule has 2 N–H and O–H groups in total. The van der Waals surface area contributed by atoms with Gasteiger partial charge >= 0.3 is 0 Å². The Balaban J connectivity index is 1.73. The maximum absolute atomic E-state index is 12.9. The van der Waals surface area contributed by atoms with E-state index in [0.717, 1.165) is 11.1 Å². The van der Waals surface area contributed by atoms with Crippen molar-refractivity contribution < 1.29 is 9.59 Å². The first-order valence-electron chi connectivity index (χ1n) is 9.83. The highest BCUT2D eigenvalue weighted by molar-refractivity contribution is 6.05. The number of nitrogens with one attached hydrogen (secondary N) is 2. The van der Waals surface area contributed by atoms with E-state index in [1.54, 1.807) is 55.1 Å². The summed E-state index contributed by atoms with van der Waals surface area (Å²) >= 11 is 0. The van der Waals surface area contributed by atoms with Crippen LogP contribution in [0.15, 0.2) is 71.7 Å². The zero-order valence-electron chi connectivity index (χ0n) is 17.1. The molecule has 0 bridgehead atoms. The molecule has 30 heavy (non-hydrogen) atoms. The maximum Gasteiger partial charge on any atom is 0.263 e. The average molecular weight is 403 g/mol. The predicted molar refractivity (Wildman–Crippen MR) is 118 cm³/mol. The number of likely N-dealkylation sites (N-methyl/N-ethyl adjacent to an activating group) is 1. The van der Waals surface area contributed by atoms with Crippen LogP contribution in [0.25, 0.3) is 0 Å². The van der Waals surface area contributed by atoms with Gasteiger partial charge in [0.1, 0.15) is 5.56 Å². The molecule has 0 atom stereocenters. The summed E-state index contributed by atoms with van der Waals surface area (Å²) in [5.74, 6) is -0.520. The molecule has 6 nitrogen and oxygen atoms in total. The van der Waals surface area contributed by atoms with Crippen LogP contribution in [0.5, 0.6) is 0 Å². The van der Waals surface area contributed by atoms with Gasteiger partial charge in [-0.15, -0.1) is 0 Å². The molecule has 0 radical (unpaired) electrons. The lowest BCUT2D eigenvalue weighted by atomic mass is 10.1. The van der Waals surface area contributed by atoms with E-state index in [-0.39, 0.29) is 23.5 Å². The third-order valence-corrected chi connectivity index (χ3v) is 4.94. The van der Waals surface area contributed by atoms with Crippen LogP contribution in [0.2, 0.25) is 0 Å². The standard InChI is InChI=1S/C24H25N3O3/c1-17-12-14-27(15-13-18-6-4-3-5-7-18)24(30)22(17)23(29)26-20-10-8-19(9-11-20)16-21(28)25-2/h3-12,14H,13,15-16H2,1-2H3,(H,25,28)(H,26,29). The fourth-order valence-corrected chi connectivity index (χ4v) is 3.18. The third-order valence-electron chi connectivity index (χ3n) is 4.94. The van der Waals surface area contributed by atoms with Crippen LogP contribution < -0.4 is 16.2 Å². The van der Waals surface area contributed by atoms with Crippen molar-refractivity contribution in [2.24, 2.45) is 0 Å². The number of nitrogens with zero attached hydrogens (tertiary/aromatic N) is 1. The van der Waals surface area contributed by atoms with Gasteiger partial charge in [-0.25, -0.2) is 0 Å². The summed E-state index contributed by atoms with van der Waals surface area (Å²) in [6.45, 7) is 2.25. The van der Waals surface area contributed by atoms with Crippen LogP contribution in [0.1, 0.15) is 27.0 Å². The van der Waals surface area contributed by atoms with Gasteiger partial charge in [-0.2, -0.15) is 0 Å². The minimum absolute atomic E-state index is 0.0808. The number of anilines is 1. The number of hydrogen-bond acceptors (Lipinski definition) is 3. The van der Waals surface area contributed by atoms with E-state index in [0.29, 0.717) is 24.2 Å². The van der Waals surface area contributed by atoms with Gasteiger partial charge in [0, 0.05) is 25.5 Å². The smallest absolute Gasteiger partial charge is 0.263 e. The van der Waals surface area contributed by atoms with Crippen molar-refractivity contribution in [3.8, 4) is 0 Å². The van der Waals surface area contributed by atoms with E-state index in [1.807, 2.05) is 30.3 Å². The quantitative estimate of drug-likeness (QED) is 0.637. The number of pyridine rings is 1. The number of rotatable bonds is 7. The molecule has 154 valence electrons. The fourth-order valence-electron chi connectivity index (χ4n) is 3.18. The average Bonchev–Trinajstić information content (AvgIpc) is 2.75. The summed E-state index contributed by atoms with van der Waals surface area (Å²) in [4.78, 5) is 37.2. The molecular formula is C24H25N3O3. The topological polar surface area (TPSA) is 80.2 Å². The molecule has 2 amide bonds. The second-order valence-electron chi connectivity index (χ2n) is 7.11. The molecule has 3 aromatic rings. The van der Waals surface area contributed by atoms with Crippen LogP contribution in [-0.2, 0) is 24.2 Å². The van der Waals surface area contributed by atoms with Crippen molar-refractivity contribution in [3.63, 3.8) is 0 Å². The highest BCUT2D eigenvalue weighted by atomic mass is 16.2. The largest absolute Gasteiger partial charge is 0.359 e. The Labute approximate surface area is 175 Å². The van der Waals surface area contributed by atoms with E-state index < -0.39 is 5.91 Å². The predicted octanol–water partition coefficient (Wildman–Crippen LogP) is 2.94. The van der Waals surface area contributed by atoms with Crippen molar-refractivity contribution in [3.05, 3.63) is 99.5 Å². The summed E-state index contributed by atoms with van der Waals surface area (Å²) in [6, 6.07) is 18.7. The first-order chi connectivity index (χ1) is 14.5.